The number of anilines is 2. The van der Waals surface area contributed by atoms with Gasteiger partial charge in [-0.05, 0) is 56.0 Å². The van der Waals surface area contributed by atoms with E-state index >= 15 is 0 Å². The molecule has 2 fully saturated rings. The largest absolute Gasteiger partial charge is 0.370 e. The van der Waals surface area contributed by atoms with E-state index in [-0.39, 0.29) is 10.8 Å². The number of hydrogen-bond acceptors (Lipinski definition) is 5. The third-order valence-electron chi connectivity index (χ3n) is 5.26. The Morgan fingerprint density at radius 2 is 1.68 bits per heavy atom. The molecule has 7 nitrogen and oxygen atoms in total. The van der Waals surface area contributed by atoms with Crippen molar-refractivity contribution in [2.75, 3.05) is 36.4 Å². The molecule has 148 valence electrons. The summed E-state index contributed by atoms with van der Waals surface area (Å²) < 4.78 is 26.9. The van der Waals surface area contributed by atoms with E-state index in [4.69, 9.17) is 0 Å². The molecule has 0 aliphatic carbocycles. The molecular formula is C20H24N4O3S. The van der Waals surface area contributed by atoms with Crippen LogP contribution >= 0.6 is 0 Å². The van der Waals surface area contributed by atoms with Crippen molar-refractivity contribution >= 4 is 27.4 Å². The van der Waals surface area contributed by atoms with E-state index in [1.54, 1.807) is 24.4 Å². The predicted molar refractivity (Wildman–Crippen MR) is 108 cm³/mol. The van der Waals surface area contributed by atoms with Crippen LogP contribution in [0.4, 0.5) is 11.5 Å². The Balaban J connectivity index is 1.47. The van der Waals surface area contributed by atoms with Crippen LogP contribution in [-0.4, -0.2) is 49.8 Å². The number of nitrogens with zero attached hydrogens (tertiary/aromatic N) is 3. The van der Waals surface area contributed by atoms with Gasteiger partial charge in [0.25, 0.3) is 5.91 Å². The first-order valence-corrected chi connectivity index (χ1v) is 11.1. The fourth-order valence-electron chi connectivity index (χ4n) is 3.69. The number of benzene rings is 1. The summed E-state index contributed by atoms with van der Waals surface area (Å²) in [5.74, 6) is 0.0700. The third kappa shape index (κ3) is 3.88. The van der Waals surface area contributed by atoms with Crippen LogP contribution in [0.2, 0.25) is 0 Å². The Morgan fingerprint density at radius 1 is 0.964 bits per heavy atom. The molecule has 8 heteroatoms. The van der Waals surface area contributed by atoms with Gasteiger partial charge in [-0.2, -0.15) is 4.31 Å². The van der Waals surface area contributed by atoms with Crippen molar-refractivity contribution in [2.45, 2.75) is 30.6 Å². The normalized spacial score (nSPS) is 17.8. The van der Waals surface area contributed by atoms with Gasteiger partial charge in [0.15, 0.2) is 0 Å². The maximum atomic E-state index is 12.7. The monoisotopic (exact) mass is 400 g/mol. The van der Waals surface area contributed by atoms with Gasteiger partial charge >= 0.3 is 0 Å². The molecule has 0 unspecified atom stereocenters. The molecular weight excluding hydrogens is 376 g/mol. The van der Waals surface area contributed by atoms with Crippen molar-refractivity contribution in [3.05, 3.63) is 48.2 Å². The number of aromatic nitrogens is 1. The van der Waals surface area contributed by atoms with Crippen molar-refractivity contribution < 1.29 is 13.2 Å². The minimum atomic E-state index is -3.55. The van der Waals surface area contributed by atoms with Crippen molar-refractivity contribution in [1.82, 2.24) is 9.29 Å². The standard InChI is InChI=1S/C20H24N4O3S/c25-20(22-19-9-8-17(15-21-19)23-10-1-2-11-23)16-6-5-7-18(14-16)28(26,27)24-12-3-4-13-24/h5-9,14-15H,1-4,10-13H2,(H,21,22,25). The number of sulfonamides is 1. The summed E-state index contributed by atoms with van der Waals surface area (Å²) in [6.45, 7) is 3.13. The fraction of sp³-hybridized carbons (Fsp3) is 0.400. The summed E-state index contributed by atoms with van der Waals surface area (Å²) in [5, 5.41) is 2.75. The number of hydrogen-bond donors (Lipinski definition) is 1. The van der Waals surface area contributed by atoms with E-state index < -0.39 is 10.0 Å². The molecule has 1 N–H and O–H groups in total. The maximum absolute atomic E-state index is 12.7. The van der Waals surface area contributed by atoms with E-state index in [1.165, 1.54) is 29.3 Å². The molecule has 4 rings (SSSR count). The first-order valence-electron chi connectivity index (χ1n) is 9.67. The number of pyridine rings is 1. The lowest BCUT2D eigenvalue weighted by molar-refractivity contribution is 0.102. The summed E-state index contributed by atoms with van der Waals surface area (Å²) in [6.07, 6.45) is 5.89. The maximum Gasteiger partial charge on any atom is 0.256 e. The molecule has 3 heterocycles. The molecule has 1 amide bonds. The minimum absolute atomic E-state index is 0.152. The fourth-order valence-corrected chi connectivity index (χ4v) is 5.25. The quantitative estimate of drug-likeness (QED) is 0.834. The molecule has 2 aliphatic rings. The molecule has 2 saturated heterocycles. The van der Waals surface area contributed by atoms with Crippen LogP contribution in [0.5, 0.6) is 0 Å². The summed E-state index contributed by atoms with van der Waals surface area (Å²) >= 11 is 0. The van der Waals surface area contributed by atoms with Crippen LogP contribution in [0.25, 0.3) is 0 Å². The zero-order chi connectivity index (χ0) is 19.6. The van der Waals surface area contributed by atoms with E-state index in [0.717, 1.165) is 31.6 Å². The van der Waals surface area contributed by atoms with Crippen LogP contribution < -0.4 is 10.2 Å². The van der Waals surface area contributed by atoms with Crippen LogP contribution in [0.3, 0.4) is 0 Å². The highest BCUT2D eigenvalue weighted by Crippen LogP contribution is 2.23. The van der Waals surface area contributed by atoms with Crippen molar-refractivity contribution in [2.24, 2.45) is 0 Å². The zero-order valence-corrected chi connectivity index (χ0v) is 16.5. The van der Waals surface area contributed by atoms with Gasteiger partial charge in [-0.3, -0.25) is 4.79 Å². The van der Waals surface area contributed by atoms with Crippen LogP contribution in [0, 0.1) is 0 Å². The molecule has 1 aromatic carbocycles. The Bertz CT molecular complexity index is 948. The van der Waals surface area contributed by atoms with Gasteiger partial charge < -0.3 is 10.2 Å². The lowest BCUT2D eigenvalue weighted by Gasteiger charge is -2.17. The van der Waals surface area contributed by atoms with E-state index in [9.17, 15) is 13.2 Å². The second kappa shape index (κ2) is 7.89. The molecule has 2 aromatic rings. The van der Waals surface area contributed by atoms with Gasteiger partial charge in [-0.15, -0.1) is 0 Å². The average molecular weight is 401 g/mol. The third-order valence-corrected chi connectivity index (χ3v) is 7.15. The molecule has 0 radical (unpaired) electrons. The van der Waals surface area contributed by atoms with E-state index in [1.807, 2.05) is 6.07 Å². The Morgan fingerprint density at radius 3 is 2.36 bits per heavy atom. The topological polar surface area (TPSA) is 82.6 Å². The van der Waals surface area contributed by atoms with Gasteiger partial charge in [-0.1, -0.05) is 6.07 Å². The number of carbonyl (C=O) groups is 1. The number of carbonyl (C=O) groups excluding carboxylic acids is 1. The summed E-state index contributed by atoms with van der Waals surface area (Å²) in [5.41, 5.74) is 1.35. The Kier molecular flexibility index (Phi) is 5.32. The second-order valence-corrected chi connectivity index (χ2v) is 9.13. The van der Waals surface area contributed by atoms with Crippen molar-refractivity contribution in [3.63, 3.8) is 0 Å². The Labute approximate surface area is 165 Å². The van der Waals surface area contributed by atoms with Gasteiger partial charge in [-0.25, -0.2) is 13.4 Å². The smallest absolute Gasteiger partial charge is 0.256 e. The first-order chi connectivity index (χ1) is 13.5. The highest BCUT2D eigenvalue weighted by molar-refractivity contribution is 7.89. The molecule has 2 aliphatic heterocycles. The highest BCUT2D eigenvalue weighted by Gasteiger charge is 2.27. The molecule has 28 heavy (non-hydrogen) atoms. The highest BCUT2D eigenvalue weighted by atomic mass is 32.2. The van der Waals surface area contributed by atoms with Crippen molar-refractivity contribution in [3.8, 4) is 0 Å². The van der Waals surface area contributed by atoms with E-state index in [2.05, 4.69) is 15.2 Å². The van der Waals surface area contributed by atoms with Crippen LogP contribution in [-0.2, 0) is 10.0 Å². The average Bonchev–Trinajstić information content (AvgIpc) is 3.43. The number of amides is 1. The lowest BCUT2D eigenvalue weighted by atomic mass is 10.2. The molecule has 1 aromatic heterocycles. The first kappa shape index (κ1) is 18.9. The number of rotatable bonds is 5. The molecule has 0 atom stereocenters. The van der Waals surface area contributed by atoms with Crippen molar-refractivity contribution in [1.29, 1.82) is 0 Å². The van der Waals surface area contributed by atoms with E-state index in [0.29, 0.717) is 24.5 Å². The minimum Gasteiger partial charge on any atom is -0.370 e. The zero-order valence-electron chi connectivity index (χ0n) is 15.7. The summed E-state index contributed by atoms with van der Waals surface area (Å²) in [6, 6.07) is 9.90. The molecule has 0 bridgehead atoms. The SMILES string of the molecule is O=C(Nc1ccc(N2CCCC2)cn1)c1cccc(S(=O)(=O)N2CCCC2)c1. The summed E-state index contributed by atoms with van der Waals surface area (Å²) in [4.78, 5) is 19.3. The van der Waals surface area contributed by atoms with Gasteiger partial charge in [0.05, 0.1) is 16.8 Å². The lowest BCUT2D eigenvalue weighted by Crippen LogP contribution is -2.28. The summed E-state index contributed by atoms with van der Waals surface area (Å²) in [7, 11) is -3.55. The second-order valence-electron chi connectivity index (χ2n) is 7.19. The number of nitrogens with one attached hydrogen (secondary N) is 1. The van der Waals surface area contributed by atoms with Crippen LogP contribution in [0.15, 0.2) is 47.5 Å². The van der Waals surface area contributed by atoms with Gasteiger partial charge in [0, 0.05) is 31.7 Å². The van der Waals surface area contributed by atoms with Gasteiger partial charge in [0.1, 0.15) is 5.82 Å². The molecule has 0 spiro atoms. The predicted octanol–water partition coefficient (Wildman–Crippen LogP) is 2.72. The molecule has 0 saturated carbocycles. The van der Waals surface area contributed by atoms with Crippen LogP contribution in [0.1, 0.15) is 36.0 Å². The Hall–Kier alpha value is -2.45. The van der Waals surface area contributed by atoms with Gasteiger partial charge in [0.2, 0.25) is 10.0 Å².